The molecule has 0 aliphatic heterocycles. The van der Waals surface area contributed by atoms with E-state index < -0.39 is 0 Å². The zero-order valence-corrected chi connectivity index (χ0v) is 12.9. The van der Waals surface area contributed by atoms with Gasteiger partial charge in [0.25, 0.3) is 5.56 Å². The Morgan fingerprint density at radius 2 is 2.05 bits per heavy atom. The monoisotopic (exact) mass is 307 g/mol. The van der Waals surface area contributed by atoms with E-state index in [-0.39, 0.29) is 12.2 Å². The van der Waals surface area contributed by atoms with Crippen molar-refractivity contribution in [3.05, 3.63) is 51.3 Å². The Kier molecular flexibility index (Phi) is 5.04. The van der Waals surface area contributed by atoms with E-state index in [4.69, 9.17) is 16.3 Å². The van der Waals surface area contributed by atoms with Crippen LogP contribution in [-0.2, 0) is 13.2 Å². The number of methoxy groups -OCH3 is 1. The zero-order chi connectivity index (χ0) is 15.4. The second-order valence-electron chi connectivity index (χ2n) is 4.70. The third kappa shape index (κ3) is 3.12. The molecule has 0 saturated heterocycles. The van der Waals surface area contributed by atoms with Crippen molar-refractivity contribution in [2.75, 3.05) is 7.11 Å². The number of aromatic nitrogens is 1. The first-order chi connectivity index (χ1) is 10.1. The lowest BCUT2D eigenvalue weighted by atomic mass is 10.1. The van der Waals surface area contributed by atoms with Gasteiger partial charge < -0.3 is 14.4 Å². The minimum atomic E-state index is -0.268. The first kappa shape index (κ1) is 15.6. The van der Waals surface area contributed by atoms with Crippen molar-refractivity contribution in [3.8, 4) is 17.0 Å². The Bertz CT molecular complexity index is 694. The first-order valence-corrected chi connectivity index (χ1v) is 7.17. The van der Waals surface area contributed by atoms with Crippen molar-refractivity contribution in [3.63, 3.8) is 0 Å². The lowest BCUT2D eigenvalue weighted by Crippen LogP contribution is -2.25. The molecule has 1 heterocycles. The van der Waals surface area contributed by atoms with Crippen LogP contribution in [0, 0.1) is 0 Å². The normalized spacial score (nSPS) is 10.7. The number of hydrogen-bond donors (Lipinski definition) is 1. The van der Waals surface area contributed by atoms with Crippen molar-refractivity contribution in [2.24, 2.45) is 0 Å². The van der Waals surface area contributed by atoms with E-state index in [1.807, 2.05) is 13.0 Å². The molecular weight excluding hydrogens is 290 g/mol. The van der Waals surface area contributed by atoms with E-state index in [0.717, 1.165) is 17.7 Å². The molecule has 2 aromatic rings. The fourth-order valence-electron chi connectivity index (χ4n) is 2.31. The highest BCUT2D eigenvalue weighted by Gasteiger charge is 2.13. The number of aliphatic hydroxyl groups excluding tert-OH is 1. The molecule has 0 fully saturated rings. The predicted octanol–water partition coefficient (Wildman–Crippen LogP) is 3.08. The van der Waals surface area contributed by atoms with Crippen LogP contribution in [-0.4, -0.2) is 16.8 Å². The van der Waals surface area contributed by atoms with Crippen LogP contribution in [0.5, 0.6) is 5.75 Å². The van der Waals surface area contributed by atoms with Gasteiger partial charge in [0.2, 0.25) is 0 Å². The summed E-state index contributed by atoms with van der Waals surface area (Å²) in [6.07, 6.45) is 0.810. The maximum absolute atomic E-state index is 12.4. The average Bonchev–Trinajstić information content (AvgIpc) is 2.49. The second kappa shape index (κ2) is 6.78. The summed E-state index contributed by atoms with van der Waals surface area (Å²) in [6, 6.07) is 8.76. The maximum atomic E-state index is 12.4. The third-order valence-electron chi connectivity index (χ3n) is 3.31. The SMILES string of the molecule is CCCn1c(-c2cc(Cl)ccc2OC)ccc(CO)c1=O. The number of halogens is 1. The molecule has 21 heavy (non-hydrogen) atoms. The fraction of sp³-hybridized carbons (Fsp3) is 0.312. The van der Waals surface area contributed by atoms with Gasteiger partial charge in [-0.05, 0) is 36.8 Å². The highest BCUT2D eigenvalue weighted by molar-refractivity contribution is 6.30. The molecule has 0 atom stereocenters. The average molecular weight is 308 g/mol. The van der Waals surface area contributed by atoms with E-state index in [2.05, 4.69) is 0 Å². The lowest BCUT2D eigenvalue weighted by molar-refractivity contribution is 0.279. The minimum Gasteiger partial charge on any atom is -0.496 e. The van der Waals surface area contributed by atoms with E-state index in [1.54, 1.807) is 35.9 Å². The van der Waals surface area contributed by atoms with Crippen LogP contribution in [0.1, 0.15) is 18.9 Å². The number of pyridine rings is 1. The first-order valence-electron chi connectivity index (χ1n) is 6.79. The molecule has 0 amide bonds. The summed E-state index contributed by atoms with van der Waals surface area (Å²) in [7, 11) is 1.58. The summed E-state index contributed by atoms with van der Waals surface area (Å²) in [5, 5.41) is 9.83. The Hall–Kier alpha value is -1.78. The number of ether oxygens (including phenoxy) is 1. The van der Waals surface area contributed by atoms with Crippen LogP contribution in [0.4, 0.5) is 0 Å². The maximum Gasteiger partial charge on any atom is 0.256 e. The predicted molar refractivity (Wildman–Crippen MR) is 83.9 cm³/mol. The van der Waals surface area contributed by atoms with Crippen LogP contribution >= 0.6 is 11.6 Å². The molecule has 4 nitrogen and oxygen atoms in total. The van der Waals surface area contributed by atoms with E-state index >= 15 is 0 Å². The second-order valence-corrected chi connectivity index (χ2v) is 5.14. The molecule has 0 saturated carbocycles. The molecule has 1 aromatic heterocycles. The molecule has 0 aliphatic carbocycles. The molecule has 0 spiro atoms. The lowest BCUT2D eigenvalue weighted by Gasteiger charge is -2.16. The molecule has 0 aliphatic rings. The number of aliphatic hydroxyl groups is 1. The molecule has 1 N–H and O–H groups in total. The molecule has 2 rings (SSSR count). The molecular formula is C16H18ClNO3. The van der Waals surface area contributed by atoms with Gasteiger partial charge in [0, 0.05) is 22.7 Å². The quantitative estimate of drug-likeness (QED) is 0.923. The van der Waals surface area contributed by atoms with Crippen molar-refractivity contribution in [2.45, 2.75) is 26.5 Å². The van der Waals surface area contributed by atoms with E-state index in [1.165, 1.54) is 0 Å². The van der Waals surface area contributed by atoms with Crippen LogP contribution in [0.3, 0.4) is 0 Å². The van der Waals surface area contributed by atoms with Gasteiger partial charge in [-0.15, -0.1) is 0 Å². The fourth-order valence-corrected chi connectivity index (χ4v) is 2.48. The summed E-state index contributed by atoms with van der Waals surface area (Å²) in [6.45, 7) is 2.30. The Morgan fingerprint density at radius 3 is 2.67 bits per heavy atom. The van der Waals surface area contributed by atoms with Crippen molar-refractivity contribution in [1.82, 2.24) is 4.57 Å². The van der Waals surface area contributed by atoms with Crippen LogP contribution in [0.2, 0.25) is 5.02 Å². The van der Waals surface area contributed by atoms with E-state index in [0.29, 0.717) is 22.9 Å². The van der Waals surface area contributed by atoms with Gasteiger partial charge >= 0.3 is 0 Å². The van der Waals surface area contributed by atoms with Crippen LogP contribution in [0.25, 0.3) is 11.3 Å². The van der Waals surface area contributed by atoms with Crippen LogP contribution in [0.15, 0.2) is 35.1 Å². The Morgan fingerprint density at radius 1 is 1.29 bits per heavy atom. The Balaban J connectivity index is 2.71. The molecule has 0 bridgehead atoms. The van der Waals surface area contributed by atoms with Gasteiger partial charge in [0.05, 0.1) is 19.4 Å². The Labute approximate surface area is 128 Å². The van der Waals surface area contributed by atoms with Gasteiger partial charge in [-0.3, -0.25) is 4.79 Å². The summed E-state index contributed by atoms with van der Waals surface area (Å²) in [5.74, 6) is 0.653. The third-order valence-corrected chi connectivity index (χ3v) is 3.54. The molecule has 112 valence electrons. The van der Waals surface area contributed by atoms with Crippen molar-refractivity contribution >= 4 is 11.6 Å². The minimum absolute atomic E-state index is 0.182. The standard InChI is InChI=1S/C16H18ClNO3/c1-3-8-18-14(6-4-11(10-19)16(18)20)13-9-12(17)5-7-15(13)21-2/h4-7,9,19H,3,8,10H2,1-2H3. The summed E-state index contributed by atoms with van der Waals surface area (Å²) in [5.41, 5.74) is 1.70. The smallest absolute Gasteiger partial charge is 0.256 e. The molecule has 5 heteroatoms. The highest BCUT2D eigenvalue weighted by Crippen LogP contribution is 2.32. The highest BCUT2D eigenvalue weighted by atomic mass is 35.5. The number of benzene rings is 1. The van der Waals surface area contributed by atoms with Gasteiger partial charge in [-0.25, -0.2) is 0 Å². The van der Waals surface area contributed by atoms with Gasteiger partial charge in [0.15, 0.2) is 0 Å². The number of nitrogens with zero attached hydrogens (tertiary/aromatic N) is 1. The summed E-state index contributed by atoms with van der Waals surface area (Å²) < 4.78 is 7.01. The zero-order valence-electron chi connectivity index (χ0n) is 12.1. The van der Waals surface area contributed by atoms with Crippen molar-refractivity contribution in [1.29, 1.82) is 0 Å². The number of rotatable bonds is 5. The van der Waals surface area contributed by atoms with E-state index in [9.17, 15) is 9.90 Å². The molecule has 1 aromatic carbocycles. The summed E-state index contributed by atoms with van der Waals surface area (Å²) >= 11 is 6.07. The summed E-state index contributed by atoms with van der Waals surface area (Å²) in [4.78, 5) is 12.4. The van der Waals surface area contributed by atoms with Gasteiger partial charge in [-0.2, -0.15) is 0 Å². The van der Waals surface area contributed by atoms with Crippen molar-refractivity contribution < 1.29 is 9.84 Å². The largest absolute Gasteiger partial charge is 0.496 e. The van der Waals surface area contributed by atoms with Gasteiger partial charge in [-0.1, -0.05) is 18.5 Å². The molecule has 0 radical (unpaired) electrons. The molecule has 0 unspecified atom stereocenters. The topological polar surface area (TPSA) is 51.5 Å². The van der Waals surface area contributed by atoms with Crippen LogP contribution < -0.4 is 10.3 Å². The van der Waals surface area contributed by atoms with Gasteiger partial charge in [0.1, 0.15) is 5.75 Å². The number of hydrogen-bond acceptors (Lipinski definition) is 3.